The number of nitrogens with two attached hydrogens (primary N) is 1. The number of carbonyl (C=O) groups is 1. The van der Waals surface area contributed by atoms with Crippen molar-refractivity contribution < 1.29 is 22.7 Å². The number of nitrogens with zero attached hydrogens (tertiary/aromatic N) is 2. The monoisotopic (exact) mass is 350 g/mol. The van der Waals surface area contributed by atoms with Gasteiger partial charge in [0.1, 0.15) is 11.4 Å². The van der Waals surface area contributed by atoms with Crippen molar-refractivity contribution in [3.05, 3.63) is 28.4 Å². The van der Waals surface area contributed by atoms with Gasteiger partial charge >= 0.3 is 6.36 Å². The summed E-state index contributed by atoms with van der Waals surface area (Å²) < 4.78 is 40.3. The van der Waals surface area contributed by atoms with Crippen LogP contribution < -0.4 is 10.5 Å². The van der Waals surface area contributed by atoms with Gasteiger partial charge in [-0.2, -0.15) is 15.4 Å². The highest BCUT2D eigenvalue weighted by atomic mass is 79.9. The minimum Gasteiger partial charge on any atom is -0.406 e. The number of primary amides is 1. The van der Waals surface area contributed by atoms with Crippen LogP contribution >= 0.6 is 15.9 Å². The van der Waals surface area contributed by atoms with Gasteiger partial charge in [-0.15, -0.1) is 13.2 Å². The molecule has 0 fully saturated rings. The van der Waals surface area contributed by atoms with E-state index in [1.54, 1.807) is 0 Å². The zero-order valence-electron chi connectivity index (χ0n) is 9.53. The predicted octanol–water partition coefficient (Wildman–Crippen LogP) is 2.23. The van der Waals surface area contributed by atoms with Crippen LogP contribution in [-0.2, 0) is 0 Å². The minimum absolute atomic E-state index is 0.116. The van der Waals surface area contributed by atoms with Gasteiger partial charge in [0, 0.05) is 10.0 Å². The highest BCUT2D eigenvalue weighted by molar-refractivity contribution is 9.10. The summed E-state index contributed by atoms with van der Waals surface area (Å²) in [4.78, 5) is 11.1. The third kappa shape index (κ3) is 3.07. The molecule has 0 radical (unpaired) electrons. The van der Waals surface area contributed by atoms with Crippen LogP contribution in [0.2, 0.25) is 0 Å². The Balaban J connectivity index is 2.39. The maximum atomic E-state index is 12.1. The number of rotatable bonds is 3. The molecule has 0 saturated heterocycles. The molecule has 0 aliphatic heterocycles. The number of carbonyl (C=O) groups excluding carboxylic acids is 1. The van der Waals surface area contributed by atoms with Crippen molar-refractivity contribution in [1.29, 1.82) is 0 Å². The molecule has 20 heavy (non-hydrogen) atoms. The van der Waals surface area contributed by atoms with Gasteiger partial charge in [-0.1, -0.05) is 0 Å². The number of ether oxygens (including phenoxy) is 1. The van der Waals surface area contributed by atoms with Crippen LogP contribution in [0.3, 0.4) is 0 Å². The van der Waals surface area contributed by atoms with Crippen molar-refractivity contribution in [2.24, 2.45) is 5.73 Å². The molecule has 1 aromatic carbocycles. The number of aromatic amines is 1. The van der Waals surface area contributed by atoms with Crippen LogP contribution in [0.1, 0.15) is 10.5 Å². The molecule has 1 amide bonds. The Bertz CT molecular complexity index is 656. The van der Waals surface area contributed by atoms with Crippen LogP contribution in [0.4, 0.5) is 13.2 Å². The number of H-pyrrole nitrogens is 1. The molecule has 1 heterocycles. The summed E-state index contributed by atoms with van der Waals surface area (Å²) in [7, 11) is 0. The Morgan fingerprint density at radius 1 is 1.35 bits per heavy atom. The quantitative estimate of drug-likeness (QED) is 0.887. The molecule has 2 rings (SSSR count). The summed E-state index contributed by atoms with van der Waals surface area (Å²) in [5.74, 6) is -1.21. The molecule has 0 atom stereocenters. The van der Waals surface area contributed by atoms with Gasteiger partial charge in [-0.25, -0.2) is 0 Å². The van der Waals surface area contributed by atoms with E-state index in [2.05, 4.69) is 36.1 Å². The lowest BCUT2D eigenvalue weighted by atomic mass is 10.1. The zero-order valence-corrected chi connectivity index (χ0v) is 11.1. The van der Waals surface area contributed by atoms with Crippen molar-refractivity contribution in [2.75, 3.05) is 0 Å². The fraction of sp³-hybridized carbons (Fsp3) is 0.100. The van der Waals surface area contributed by atoms with Gasteiger partial charge in [0.15, 0.2) is 5.69 Å². The van der Waals surface area contributed by atoms with E-state index >= 15 is 0 Å². The molecule has 0 aliphatic rings. The van der Waals surface area contributed by atoms with E-state index < -0.39 is 18.0 Å². The lowest BCUT2D eigenvalue weighted by Crippen LogP contribution is -2.17. The molecule has 2 aromatic rings. The van der Waals surface area contributed by atoms with Crippen LogP contribution in [0.25, 0.3) is 11.3 Å². The van der Waals surface area contributed by atoms with Gasteiger partial charge in [0.2, 0.25) is 0 Å². The van der Waals surface area contributed by atoms with Crippen molar-refractivity contribution in [1.82, 2.24) is 15.4 Å². The highest BCUT2D eigenvalue weighted by Crippen LogP contribution is 2.33. The summed E-state index contributed by atoms with van der Waals surface area (Å²) in [6.45, 7) is 0. The second-order valence-electron chi connectivity index (χ2n) is 3.57. The first-order valence-corrected chi connectivity index (χ1v) is 5.83. The minimum atomic E-state index is -4.78. The maximum absolute atomic E-state index is 12.1. The molecule has 106 valence electrons. The van der Waals surface area contributed by atoms with E-state index in [0.29, 0.717) is 5.56 Å². The fourth-order valence-corrected chi connectivity index (χ4v) is 2.02. The third-order valence-corrected chi connectivity index (χ3v) is 2.87. The summed E-state index contributed by atoms with van der Waals surface area (Å²) in [5.41, 5.74) is 5.47. The Labute approximate surface area is 118 Å². The van der Waals surface area contributed by atoms with Crippen molar-refractivity contribution in [3.8, 4) is 17.0 Å². The van der Waals surface area contributed by atoms with E-state index in [9.17, 15) is 18.0 Å². The first-order chi connectivity index (χ1) is 9.28. The number of alkyl halides is 3. The standard InChI is InChI=1S/C10H6BrF3N4O2/c11-6-3-4(20-10(12,13)14)1-2-5(6)7-8(9(15)19)17-18-16-7/h1-3H,(H2,15,19)(H,16,17,18). The molecule has 3 N–H and O–H groups in total. The number of hydrogen-bond acceptors (Lipinski definition) is 4. The van der Waals surface area contributed by atoms with Crippen LogP contribution in [-0.4, -0.2) is 27.7 Å². The number of nitrogens with one attached hydrogen (secondary N) is 1. The number of hydrogen-bond donors (Lipinski definition) is 2. The molecule has 0 saturated carbocycles. The Kier molecular flexibility index (Phi) is 3.66. The molecule has 0 aliphatic carbocycles. The Hall–Kier alpha value is -2.10. The van der Waals surface area contributed by atoms with Gasteiger partial charge in [0.25, 0.3) is 5.91 Å². The number of benzene rings is 1. The normalized spacial score (nSPS) is 11.4. The summed E-state index contributed by atoms with van der Waals surface area (Å²) in [6.07, 6.45) is -4.78. The van der Waals surface area contributed by atoms with Crippen molar-refractivity contribution in [3.63, 3.8) is 0 Å². The first kappa shape index (κ1) is 14.3. The molecule has 0 spiro atoms. The fourth-order valence-electron chi connectivity index (χ4n) is 1.48. The van der Waals surface area contributed by atoms with E-state index in [1.165, 1.54) is 6.07 Å². The molecule has 10 heteroatoms. The smallest absolute Gasteiger partial charge is 0.406 e. The topological polar surface area (TPSA) is 93.9 Å². The molecule has 0 unspecified atom stereocenters. The SMILES string of the molecule is NC(=O)c1n[nH]nc1-c1ccc(OC(F)(F)F)cc1Br. The number of halogens is 4. The van der Waals surface area contributed by atoms with Gasteiger partial charge in [-0.05, 0) is 34.1 Å². The largest absolute Gasteiger partial charge is 0.573 e. The number of aromatic nitrogens is 3. The molecular formula is C10H6BrF3N4O2. The lowest BCUT2D eigenvalue weighted by Gasteiger charge is -2.10. The van der Waals surface area contributed by atoms with Crippen LogP contribution in [0.5, 0.6) is 5.75 Å². The maximum Gasteiger partial charge on any atom is 0.573 e. The predicted molar refractivity (Wildman–Crippen MR) is 64.7 cm³/mol. The van der Waals surface area contributed by atoms with Gasteiger partial charge < -0.3 is 10.5 Å². The van der Waals surface area contributed by atoms with Crippen molar-refractivity contribution in [2.45, 2.75) is 6.36 Å². The zero-order chi connectivity index (χ0) is 14.9. The first-order valence-electron chi connectivity index (χ1n) is 5.04. The second-order valence-corrected chi connectivity index (χ2v) is 4.43. The highest BCUT2D eigenvalue weighted by Gasteiger charge is 2.31. The molecule has 0 bridgehead atoms. The van der Waals surface area contributed by atoms with E-state index in [1.807, 2.05) is 0 Å². The Morgan fingerprint density at radius 2 is 2.05 bits per heavy atom. The molecule has 6 nitrogen and oxygen atoms in total. The van der Waals surface area contributed by atoms with Crippen LogP contribution in [0.15, 0.2) is 22.7 Å². The van der Waals surface area contributed by atoms with Crippen LogP contribution in [0, 0.1) is 0 Å². The number of amides is 1. The average molecular weight is 351 g/mol. The van der Waals surface area contributed by atoms with E-state index in [0.717, 1.165) is 12.1 Å². The van der Waals surface area contributed by atoms with Gasteiger partial charge in [0.05, 0.1) is 0 Å². The second kappa shape index (κ2) is 5.12. The van der Waals surface area contributed by atoms with Gasteiger partial charge in [-0.3, -0.25) is 4.79 Å². The average Bonchev–Trinajstić information content (AvgIpc) is 2.75. The van der Waals surface area contributed by atoms with Crippen molar-refractivity contribution >= 4 is 21.8 Å². The summed E-state index contributed by atoms with van der Waals surface area (Å²) >= 11 is 3.08. The summed E-state index contributed by atoms with van der Waals surface area (Å²) in [6, 6.07) is 3.49. The Morgan fingerprint density at radius 3 is 2.60 bits per heavy atom. The van der Waals surface area contributed by atoms with E-state index in [4.69, 9.17) is 5.73 Å². The lowest BCUT2D eigenvalue weighted by molar-refractivity contribution is -0.274. The summed E-state index contributed by atoms with van der Waals surface area (Å²) in [5, 5.41) is 9.54. The third-order valence-electron chi connectivity index (χ3n) is 2.21. The molecule has 1 aromatic heterocycles. The van der Waals surface area contributed by atoms with E-state index in [-0.39, 0.29) is 15.9 Å². The molecular weight excluding hydrogens is 345 g/mol.